The number of aromatic amines is 1. The van der Waals surface area contributed by atoms with Gasteiger partial charge in [0.25, 0.3) is 5.91 Å². The van der Waals surface area contributed by atoms with Crippen LogP contribution in [0.3, 0.4) is 0 Å². The van der Waals surface area contributed by atoms with Crippen LogP contribution in [0.2, 0.25) is 0 Å². The number of aryl methyl sites for hydroxylation is 2. The molecule has 25 heavy (non-hydrogen) atoms. The van der Waals surface area contributed by atoms with Gasteiger partial charge in [-0.3, -0.25) is 4.79 Å². The quantitative estimate of drug-likeness (QED) is 0.638. The summed E-state index contributed by atoms with van der Waals surface area (Å²) < 4.78 is 5.65. The van der Waals surface area contributed by atoms with Crippen molar-refractivity contribution in [3.8, 4) is 5.75 Å². The maximum atomic E-state index is 12.5. The standard InChI is InChI=1S/C20H21ClN2O2/c1-25-19-13-4-2-3-5-16(13)22-18(19)11-15-14-10-12(8-9-21)6-7-17(14)23-20(15)24/h6-7,10-11,22H,2-5,8-9H2,1H3,(H,23,24). The van der Waals surface area contributed by atoms with E-state index in [0.29, 0.717) is 11.5 Å². The fraction of sp³-hybridized carbons (Fsp3) is 0.350. The number of halogens is 1. The second-order valence-electron chi connectivity index (χ2n) is 6.57. The lowest BCUT2D eigenvalue weighted by Crippen LogP contribution is -2.03. The van der Waals surface area contributed by atoms with Crippen molar-refractivity contribution in [2.75, 3.05) is 18.3 Å². The van der Waals surface area contributed by atoms with Crippen LogP contribution in [-0.4, -0.2) is 23.9 Å². The van der Waals surface area contributed by atoms with Gasteiger partial charge in [-0.15, -0.1) is 11.6 Å². The summed E-state index contributed by atoms with van der Waals surface area (Å²) >= 11 is 5.86. The Labute approximate surface area is 152 Å². The van der Waals surface area contributed by atoms with Crippen molar-refractivity contribution in [2.45, 2.75) is 32.1 Å². The van der Waals surface area contributed by atoms with E-state index in [1.165, 1.54) is 24.1 Å². The van der Waals surface area contributed by atoms with E-state index in [0.717, 1.165) is 47.5 Å². The topological polar surface area (TPSA) is 54.1 Å². The Morgan fingerprint density at radius 3 is 2.92 bits per heavy atom. The number of amides is 1. The van der Waals surface area contributed by atoms with Crippen molar-refractivity contribution in [1.29, 1.82) is 0 Å². The first-order chi connectivity index (χ1) is 12.2. The van der Waals surface area contributed by atoms with Crippen LogP contribution in [0.15, 0.2) is 18.2 Å². The number of H-pyrrole nitrogens is 1. The molecule has 1 aliphatic heterocycles. The van der Waals surface area contributed by atoms with Gasteiger partial charge in [0.2, 0.25) is 0 Å². The minimum absolute atomic E-state index is 0.0763. The molecule has 1 amide bonds. The van der Waals surface area contributed by atoms with E-state index in [1.54, 1.807) is 7.11 Å². The average molecular weight is 357 g/mol. The molecule has 1 aliphatic carbocycles. The first-order valence-corrected chi connectivity index (χ1v) is 9.24. The molecule has 0 bridgehead atoms. The molecular weight excluding hydrogens is 336 g/mol. The van der Waals surface area contributed by atoms with E-state index in [2.05, 4.69) is 16.4 Å². The maximum absolute atomic E-state index is 12.5. The van der Waals surface area contributed by atoms with Crippen molar-refractivity contribution >= 4 is 34.8 Å². The first-order valence-electron chi connectivity index (χ1n) is 8.71. The molecule has 2 heterocycles. The lowest BCUT2D eigenvalue weighted by atomic mass is 9.97. The molecule has 2 N–H and O–H groups in total. The fourth-order valence-corrected chi connectivity index (χ4v) is 4.02. The average Bonchev–Trinajstić information content (AvgIpc) is 3.13. The number of hydrogen-bond acceptors (Lipinski definition) is 2. The van der Waals surface area contributed by atoms with Crippen LogP contribution in [-0.2, 0) is 24.1 Å². The Kier molecular flexibility index (Phi) is 4.30. The minimum Gasteiger partial charge on any atom is -0.494 e. The SMILES string of the molecule is COc1c(C=C2C(=O)Nc3ccc(CCCl)cc32)[nH]c2c1CCCC2. The Balaban J connectivity index is 1.79. The van der Waals surface area contributed by atoms with Gasteiger partial charge in [-0.05, 0) is 55.9 Å². The van der Waals surface area contributed by atoms with Crippen molar-refractivity contribution in [3.63, 3.8) is 0 Å². The predicted molar refractivity (Wildman–Crippen MR) is 101 cm³/mol. The summed E-state index contributed by atoms with van der Waals surface area (Å²) in [5, 5.41) is 2.94. The molecule has 0 unspecified atom stereocenters. The summed E-state index contributed by atoms with van der Waals surface area (Å²) in [5.74, 6) is 1.36. The second-order valence-corrected chi connectivity index (χ2v) is 6.95. The Morgan fingerprint density at radius 1 is 1.28 bits per heavy atom. The van der Waals surface area contributed by atoms with E-state index < -0.39 is 0 Å². The van der Waals surface area contributed by atoms with Gasteiger partial charge in [0.15, 0.2) is 0 Å². The number of hydrogen-bond donors (Lipinski definition) is 2. The highest BCUT2D eigenvalue weighted by Gasteiger charge is 2.26. The van der Waals surface area contributed by atoms with Crippen LogP contribution in [0.1, 0.15) is 40.9 Å². The van der Waals surface area contributed by atoms with E-state index in [4.69, 9.17) is 16.3 Å². The number of rotatable bonds is 4. The number of carbonyl (C=O) groups excluding carboxylic acids is 1. The number of fused-ring (bicyclic) bond motifs is 2. The van der Waals surface area contributed by atoms with Crippen LogP contribution in [0.5, 0.6) is 5.75 Å². The summed E-state index contributed by atoms with van der Waals surface area (Å²) in [5.41, 5.74) is 6.97. The van der Waals surface area contributed by atoms with E-state index in [-0.39, 0.29) is 5.91 Å². The number of alkyl halides is 1. The van der Waals surface area contributed by atoms with Crippen LogP contribution in [0.25, 0.3) is 11.6 Å². The largest absolute Gasteiger partial charge is 0.494 e. The number of carbonyl (C=O) groups is 1. The predicted octanol–water partition coefficient (Wildman–Crippen LogP) is 4.18. The van der Waals surface area contributed by atoms with Gasteiger partial charge in [-0.2, -0.15) is 0 Å². The zero-order valence-electron chi connectivity index (χ0n) is 14.2. The molecule has 1 aromatic heterocycles. The lowest BCUT2D eigenvalue weighted by Gasteiger charge is -2.11. The Morgan fingerprint density at radius 2 is 2.12 bits per heavy atom. The molecule has 0 saturated heterocycles. The van der Waals surface area contributed by atoms with Crippen LogP contribution in [0.4, 0.5) is 5.69 Å². The Hall–Kier alpha value is -2.20. The molecule has 0 fully saturated rings. The van der Waals surface area contributed by atoms with Gasteiger partial charge in [0, 0.05) is 28.4 Å². The third-order valence-electron chi connectivity index (χ3n) is 5.02. The smallest absolute Gasteiger partial charge is 0.256 e. The summed E-state index contributed by atoms with van der Waals surface area (Å²) in [4.78, 5) is 16.0. The maximum Gasteiger partial charge on any atom is 0.256 e. The molecule has 4 rings (SSSR count). The van der Waals surface area contributed by atoms with Crippen LogP contribution in [0, 0.1) is 0 Å². The monoisotopic (exact) mass is 356 g/mol. The highest BCUT2D eigenvalue weighted by molar-refractivity contribution is 6.35. The van der Waals surface area contributed by atoms with E-state index in [9.17, 15) is 4.79 Å². The number of nitrogens with one attached hydrogen (secondary N) is 2. The van der Waals surface area contributed by atoms with Crippen LogP contribution >= 0.6 is 11.6 Å². The van der Waals surface area contributed by atoms with E-state index in [1.807, 2.05) is 18.2 Å². The molecule has 2 aliphatic rings. The van der Waals surface area contributed by atoms with Crippen molar-refractivity contribution in [2.24, 2.45) is 0 Å². The lowest BCUT2D eigenvalue weighted by molar-refractivity contribution is -0.110. The number of methoxy groups -OCH3 is 1. The number of ether oxygens (including phenoxy) is 1. The van der Waals surface area contributed by atoms with Crippen LogP contribution < -0.4 is 10.1 Å². The van der Waals surface area contributed by atoms with E-state index >= 15 is 0 Å². The normalized spacial score (nSPS) is 17.4. The molecule has 0 spiro atoms. The number of benzene rings is 1. The molecule has 4 nitrogen and oxygen atoms in total. The highest BCUT2D eigenvalue weighted by atomic mass is 35.5. The summed E-state index contributed by atoms with van der Waals surface area (Å²) in [7, 11) is 1.70. The third-order valence-corrected chi connectivity index (χ3v) is 5.20. The van der Waals surface area contributed by atoms with Crippen molar-refractivity contribution in [1.82, 2.24) is 4.98 Å². The molecule has 2 aromatic rings. The molecular formula is C20H21ClN2O2. The Bertz CT molecular complexity index is 867. The molecule has 5 heteroatoms. The number of anilines is 1. The zero-order valence-corrected chi connectivity index (χ0v) is 15.0. The van der Waals surface area contributed by atoms with Crippen molar-refractivity contribution < 1.29 is 9.53 Å². The third kappa shape index (κ3) is 2.85. The first kappa shape index (κ1) is 16.3. The van der Waals surface area contributed by atoms with Gasteiger partial charge >= 0.3 is 0 Å². The van der Waals surface area contributed by atoms with Gasteiger partial charge in [0.05, 0.1) is 18.4 Å². The summed E-state index contributed by atoms with van der Waals surface area (Å²) in [6.07, 6.45) is 7.15. The van der Waals surface area contributed by atoms with Crippen molar-refractivity contribution in [3.05, 3.63) is 46.3 Å². The van der Waals surface area contributed by atoms with Gasteiger partial charge in [-0.1, -0.05) is 6.07 Å². The zero-order chi connectivity index (χ0) is 17.4. The molecule has 0 atom stereocenters. The van der Waals surface area contributed by atoms with Gasteiger partial charge < -0.3 is 15.0 Å². The second kappa shape index (κ2) is 6.60. The minimum atomic E-state index is -0.0763. The molecule has 1 aromatic carbocycles. The van der Waals surface area contributed by atoms with Gasteiger partial charge in [0.1, 0.15) is 5.75 Å². The molecule has 130 valence electrons. The number of aromatic nitrogens is 1. The highest BCUT2D eigenvalue weighted by Crippen LogP contribution is 2.38. The molecule has 0 saturated carbocycles. The molecule has 0 radical (unpaired) electrons. The van der Waals surface area contributed by atoms with Gasteiger partial charge in [-0.25, -0.2) is 0 Å². The summed E-state index contributed by atoms with van der Waals surface area (Å²) in [6.45, 7) is 0. The fourth-order valence-electron chi connectivity index (χ4n) is 3.80. The summed E-state index contributed by atoms with van der Waals surface area (Å²) in [6, 6.07) is 6.02.